The molecule has 0 radical (unpaired) electrons. The SMILES string of the molecule is COc1cccc(/C=N\NC(=O)c2ccc(Cl)cc2)c1. The van der Waals surface area contributed by atoms with Gasteiger partial charge in [-0.15, -0.1) is 0 Å². The number of nitrogens with zero attached hydrogens (tertiary/aromatic N) is 1. The molecule has 2 rings (SSSR count). The quantitative estimate of drug-likeness (QED) is 0.694. The summed E-state index contributed by atoms with van der Waals surface area (Å²) in [6.07, 6.45) is 1.55. The molecular formula is C15H13ClN2O2. The van der Waals surface area contributed by atoms with Gasteiger partial charge in [0, 0.05) is 10.6 Å². The Morgan fingerprint density at radius 1 is 1.25 bits per heavy atom. The van der Waals surface area contributed by atoms with Crippen LogP contribution in [-0.2, 0) is 0 Å². The Morgan fingerprint density at radius 3 is 2.70 bits per heavy atom. The molecule has 5 heteroatoms. The summed E-state index contributed by atoms with van der Waals surface area (Å²) in [5.41, 5.74) is 3.78. The van der Waals surface area contributed by atoms with Gasteiger partial charge in [0.1, 0.15) is 5.75 Å². The summed E-state index contributed by atoms with van der Waals surface area (Å²) in [4.78, 5) is 11.8. The van der Waals surface area contributed by atoms with Crippen molar-refractivity contribution in [2.75, 3.05) is 7.11 Å². The summed E-state index contributed by atoms with van der Waals surface area (Å²) in [5.74, 6) is 0.443. The van der Waals surface area contributed by atoms with E-state index in [0.717, 1.165) is 11.3 Å². The summed E-state index contributed by atoms with van der Waals surface area (Å²) in [7, 11) is 1.60. The number of amides is 1. The maximum Gasteiger partial charge on any atom is 0.271 e. The first kappa shape index (κ1) is 14.1. The van der Waals surface area contributed by atoms with Crippen LogP contribution in [0.5, 0.6) is 5.75 Å². The molecule has 0 saturated carbocycles. The molecule has 0 heterocycles. The number of methoxy groups -OCH3 is 1. The monoisotopic (exact) mass is 288 g/mol. The van der Waals surface area contributed by atoms with Crippen LogP contribution in [-0.4, -0.2) is 19.2 Å². The van der Waals surface area contributed by atoms with Gasteiger partial charge < -0.3 is 4.74 Å². The van der Waals surface area contributed by atoms with Gasteiger partial charge in [-0.3, -0.25) is 4.79 Å². The Bertz CT molecular complexity index is 624. The van der Waals surface area contributed by atoms with Crippen molar-refractivity contribution >= 4 is 23.7 Å². The van der Waals surface area contributed by atoms with E-state index in [1.807, 2.05) is 24.3 Å². The molecule has 102 valence electrons. The molecule has 4 nitrogen and oxygen atoms in total. The fraction of sp³-hybridized carbons (Fsp3) is 0.0667. The minimum atomic E-state index is -0.291. The lowest BCUT2D eigenvalue weighted by Gasteiger charge is -2.01. The minimum Gasteiger partial charge on any atom is -0.497 e. The summed E-state index contributed by atoms with van der Waals surface area (Å²) in [6.45, 7) is 0. The van der Waals surface area contributed by atoms with Crippen LogP contribution in [0.1, 0.15) is 15.9 Å². The average molecular weight is 289 g/mol. The first-order valence-corrected chi connectivity index (χ1v) is 6.30. The van der Waals surface area contributed by atoms with Crippen molar-refractivity contribution in [2.24, 2.45) is 5.10 Å². The second-order valence-corrected chi connectivity index (χ2v) is 4.42. The molecule has 20 heavy (non-hydrogen) atoms. The van der Waals surface area contributed by atoms with Crippen LogP contribution in [0, 0.1) is 0 Å². The highest BCUT2D eigenvalue weighted by molar-refractivity contribution is 6.30. The Kier molecular flexibility index (Phi) is 4.74. The van der Waals surface area contributed by atoms with E-state index >= 15 is 0 Å². The molecule has 0 aliphatic carbocycles. The van der Waals surface area contributed by atoms with Gasteiger partial charge in [-0.2, -0.15) is 5.10 Å². The Labute approximate surface area is 122 Å². The third kappa shape index (κ3) is 3.83. The molecule has 0 bridgehead atoms. The van der Waals surface area contributed by atoms with Crippen molar-refractivity contribution in [2.45, 2.75) is 0 Å². The molecule has 0 spiro atoms. The first-order chi connectivity index (χ1) is 9.69. The number of carbonyl (C=O) groups excluding carboxylic acids is 1. The van der Waals surface area contributed by atoms with Gasteiger partial charge in [-0.05, 0) is 42.0 Å². The second-order valence-electron chi connectivity index (χ2n) is 3.98. The van der Waals surface area contributed by atoms with E-state index in [2.05, 4.69) is 10.5 Å². The van der Waals surface area contributed by atoms with Crippen molar-refractivity contribution in [3.63, 3.8) is 0 Å². The molecule has 2 aromatic carbocycles. The van der Waals surface area contributed by atoms with Crippen molar-refractivity contribution in [1.82, 2.24) is 5.43 Å². The maximum atomic E-state index is 11.8. The van der Waals surface area contributed by atoms with Crippen LogP contribution in [0.25, 0.3) is 0 Å². The van der Waals surface area contributed by atoms with E-state index in [4.69, 9.17) is 16.3 Å². The molecular weight excluding hydrogens is 276 g/mol. The molecule has 0 aliphatic heterocycles. The Balaban J connectivity index is 1.98. The highest BCUT2D eigenvalue weighted by Gasteiger charge is 2.02. The number of benzene rings is 2. The Hall–Kier alpha value is -2.33. The third-order valence-corrected chi connectivity index (χ3v) is 2.83. The van der Waals surface area contributed by atoms with Gasteiger partial charge in [-0.1, -0.05) is 23.7 Å². The molecule has 0 unspecified atom stereocenters. The van der Waals surface area contributed by atoms with E-state index in [1.54, 1.807) is 37.6 Å². The number of carbonyl (C=O) groups is 1. The molecule has 1 amide bonds. The van der Waals surface area contributed by atoms with E-state index in [-0.39, 0.29) is 5.91 Å². The molecule has 0 aromatic heterocycles. The third-order valence-electron chi connectivity index (χ3n) is 2.58. The topological polar surface area (TPSA) is 50.7 Å². The molecule has 0 atom stereocenters. The van der Waals surface area contributed by atoms with Crippen molar-refractivity contribution < 1.29 is 9.53 Å². The number of halogens is 1. The normalized spacial score (nSPS) is 10.5. The predicted octanol–water partition coefficient (Wildman–Crippen LogP) is 3.11. The molecule has 0 fully saturated rings. The highest BCUT2D eigenvalue weighted by atomic mass is 35.5. The van der Waals surface area contributed by atoms with E-state index in [9.17, 15) is 4.79 Å². The van der Waals surface area contributed by atoms with Crippen LogP contribution < -0.4 is 10.2 Å². The fourth-order valence-electron chi connectivity index (χ4n) is 1.55. The van der Waals surface area contributed by atoms with Crippen LogP contribution in [0.15, 0.2) is 53.6 Å². The first-order valence-electron chi connectivity index (χ1n) is 5.92. The maximum absolute atomic E-state index is 11.8. The number of nitrogens with one attached hydrogen (secondary N) is 1. The highest BCUT2D eigenvalue weighted by Crippen LogP contribution is 2.11. The van der Waals surface area contributed by atoms with Gasteiger partial charge in [0.15, 0.2) is 0 Å². The zero-order chi connectivity index (χ0) is 14.4. The largest absolute Gasteiger partial charge is 0.497 e. The smallest absolute Gasteiger partial charge is 0.271 e. The second kappa shape index (κ2) is 6.73. The van der Waals surface area contributed by atoms with E-state index < -0.39 is 0 Å². The van der Waals surface area contributed by atoms with Gasteiger partial charge in [0.05, 0.1) is 13.3 Å². The average Bonchev–Trinajstić information content (AvgIpc) is 2.48. The van der Waals surface area contributed by atoms with Crippen molar-refractivity contribution in [1.29, 1.82) is 0 Å². The predicted molar refractivity (Wildman–Crippen MR) is 79.5 cm³/mol. The van der Waals surface area contributed by atoms with E-state index in [1.165, 1.54) is 0 Å². The Morgan fingerprint density at radius 2 is 2.00 bits per heavy atom. The number of hydrogen-bond acceptors (Lipinski definition) is 3. The summed E-state index contributed by atoms with van der Waals surface area (Å²) in [5, 5.41) is 4.49. The minimum absolute atomic E-state index is 0.291. The lowest BCUT2D eigenvalue weighted by atomic mass is 10.2. The van der Waals surface area contributed by atoms with Crippen LogP contribution in [0.2, 0.25) is 5.02 Å². The number of rotatable bonds is 4. The van der Waals surface area contributed by atoms with Crippen molar-refractivity contribution in [3.05, 3.63) is 64.7 Å². The molecule has 0 saturated heterocycles. The lowest BCUT2D eigenvalue weighted by Crippen LogP contribution is -2.17. The number of ether oxygens (including phenoxy) is 1. The van der Waals surface area contributed by atoms with Crippen LogP contribution >= 0.6 is 11.6 Å². The van der Waals surface area contributed by atoms with Gasteiger partial charge in [0.25, 0.3) is 5.91 Å². The standard InChI is InChI=1S/C15H13ClN2O2/c1-20-14-4-2-3-11(9-14)10-17-18-15(19)12-5-7-13(16)8-6-12/h2-10H,1H3,(H,18,19)/b17-10-. The molecule has 1 N–H and O–H groups in total. The van der Waals surface area contributed by atoms with Crippen molar-refractivity contribution in [3.8, 4) is 5.75 Å². The number of hydrazone groups is 1. The molecule has 2 aromatic rings. The fourth-order valence-corrected chi connectivity index (χ4v) is 1.68. The van der Waals surface area contributed by atoms with Crippen LogP contribution in [0.4, 0.5) is 0 Å². The van der Waals surface area contributed by atoms with Gasteiger partial charge in [0.2, 0.25) is 0 Å². The number of hydrogen-bond donors (Lipinski definition) is 1. The zero-order valence-electron chi connectivity index (χ0n) is 10.8. The summed E-state index contributed by atoms with van der Waals surface area (Å²) in [6, 6.07) is 13.9. The zero-order valence-corrected chi connectivity index (χ0v) is 11.6. The lowest BCUT2D eigenvalue weighted by molar-refractivity contribution is 0.0955. The van der Waals surface area contributed by atoms with E-state index in [0.29, 0.717) is 10.6 Å². The summed E-state index contributed by atoms with van der Waals surface area (Å²) < 4.78 is 5.10. The molecule has 0 aliphatic rings. The summed E-state index contributed by atoms with van der Waals surface area (Å²) >= 11 is 5.76. The van der Waals surface area contributed by atoms with Crippen LogP contribution in [0.3, 0.4) is 0 Å². The van der Waals surface area contributed by atoms with Gasteiger partial charge in [-0.25, -0.2) is 5.43 Å². The van der Waals surface area contributed by atoms with Gasteiger partial charge >= 0.3 is 0 Å².